The van der Waals surface area contributed by atoms with Crippen LogP contribution in [-0.2, 0) is 11.8 Å². The highest BCUT2D eigenvalue weighted by atomic mass is 16.2. The summed E-state index contributed by atoms with van der Waals surface area (Å²) >= 11 is 0. The van der Waals surface area contributed by atoms with Gasteiger partial charge >= 0.3 is 0 Å². The predicted octanol–water partition coefficient (Wildman–Crippen LogP) is -0.329. The fourth-order valence-electron chi connectivity index (χ4n) is 0.939. The first-order valence-electron chi connectivity index (χ1n) is 4.24. The van der Waals surface area contributed by atoms with Gasteiger partial charge < -0.3 is 15.6 Å². The molecule has 3 N–H and O–H groups in total. The van der Waals surface area contributed by atoms with Crippen molar-refractivity contribution in [2.45, 2.75) is 13.0 Å². The van der Waals surface area contributed by atoms with E-state index < -0.39 is 6.04 Å². The van der Waals surface area contributed by atoms with Crippen LogP contribution < -0.4 is 16.6 Å². The Balaban J connectivity index is 2.93. The highest BCUT2D eigenvalue weighted by molar-refractivity contribution is 5.94. The molecule has 1 atom stereocenters. The molecule has 0 unspecified atom stereocenters. The van der Waals surface area contributed by atoms with Crippen molar-refractivity contribution in [3.63, 3.8) is 0 Å². The van der Waals surface area contributed by atoms with Crippen molar-refractivity contribution in [2.75, 3.05) is 5.32 Å². The molecule has 1 aromatic rings. The Morgan fingerprint density at radius 3 is 2.86 bits per heavy atom. The van der Waals surface area contributed by atoms with Gasteiger partial charge in [0.15, 0.2) is 0 Å². The topological polar surface area (TPSA) is 77.1 Å². The van der Waals surface area contributed by atoms with Crippen LogP contribution >= 0.6 is 0 Å². The van der Waals surface area contributed by atoms with Crippen LogP contribution in [0, 0.1) is 0 Å². The highest BCUT2D eigenvalue weighted by Gasteiger charge is 2.09. The van der Waals surface area contributed by atoms with E-state index in [-0.39, 0.29) is 17.2 Å². The Morgan fingerprint density at radius 2 is 2.29 bits per heavy atom. The number of carbonyl (C=O) groups is 1. The van der Waals surface area contributed by atoms with E-state index >= 15 is 0 Å². The number of hydrogen-bond acceptors (Lipinski definition) is 3. The Labute approximate surface area is 81.5 Å². The summed E-state index contributed by atoms with van der Waals surface area (Å²) in [4.78, 5) is 22.6. The summed E-state index contributed by atoms with van der Waals surface area (Å²) in [5, 5.41) is 2.45. The Morgan fingerprint density at radius 1 is 1.64 bits per heavy atom. The molecular formula is C9H13N3O2. The number of aromatic nitrogens is 1. The summed E-state index contributed by atoms with van der Waals surface area (Å²) in [7, 11) is 1.61. The molecular weight excluding hydrogens is 182 g/mol. The van der Waals surface area contributed by atoms with Crippen LogP contribution in [0.4, 0.5) is 5.69 Å². The maximum atomic E-state index is 11.4. The van der Waals surface area contributed by atoms with Gasteiger partial charge in [0.05, 0.1) is 6.04 Å². The lowest BCUT2D eigenvalue weighted by Gasteiger charge is -2.07. The first-order chi connectivity index (χ1) is 6.52. The van der Waals surface area contributed by atoms with Gasteiger partial charge in [-0.05, 0) is 19.1 Å². The fourth-order valence-corrected chi connectivity index (χ4v) is 0.939. The molecule has 1 heterocycles. The molecule has 0 radical (unpaired) electrons. The normalized spacial score (nSPS) is 12.2. The zero-order chi connectivity index (χ0) is 10.7. The number of hydrogen-bond donors (Lipinski definition) is 2. The molecule has 0 saturated heterocycles. The third kappa shape index (κ3) is 2.20. The number of carbonyl (C=O) groups excluding carboxylic acids is 1. The largest absolute Gasteiger partial charge is 0.320 e. The smallest absolute Gasteiger partial charge is 0.274 e. The number of nitrogens with one attached hydrogen (secondary N) is 1. The highest BCUT2D eigenvalue weighted by Crippen LogP contribution is 1.97. The van der Waals surface area contributed by atoms with E-state index in [1.807, 2.05) is 0 Å². The summed E-state index contributed by atoms with van der Waals surface area (Å²) < 4.78 is 1.39. The van der Waals surface area contributed by atoms with Gasteiger partial charge in [-0.2, -0.15) is 0 Å². The lowest BCUT2D eigenvalue weighted by Crippen LogP contribution is -2.34. The summed E-state index contributed by atoms with van der Waals surface area (Å²) in [5.74, 6) is -0.367. The molecule has 1 aromatic heterocycles. The van der Waals surface area contributed by atoms with E-state index in [2.05, 4.69) is 5.32 Å². The Kier molecular flexibility index (Phi) is 3.03. The van der Waals surface area contributed by atoms with Gasteiger partial charge in [0.2, 0.25) is 5.91 Å². The maximum Gasteiger partial charge on any atom is 0.274 e. The van der Waals surface area contributed by atoms with E-state index in [0.29, 0.717) is 0 Å². The number of nitrogens with two attached hydrogens (primary N) is 1. The van der Waals surface area contributed by atoms with Gasteiger partial charge in [0.1, 0.15) is 5.69 Å². The lowest BCUT2D eigenvalue weighted by molar-refractivity contribution is -0.117. The number of pyridine rings is 1. The minimum Gasteiger partial charge on any atom is -0.320 e. The van der Waals surface area contributed by atoms with Crippen molar-refractivity contribution in [2.24, 2.45) is 12.8 Å². The van der Waals surface area contributed by atoms with Crippen LogP contribution in [0.25, 0.3) is 0 Å². The van der Waals surface area contributed by atoms with Crippen molar-refractivity contribution >= 4 is 11.6 Å². The molecule has 0 fully saturated rings. The van der Waals surface area contributed by atoms with E-state index in [1.165, 1.54) is 4.57 Å². The molecule has 1 amide bonds. The third-order valence-corrected chi connectivity index (χ3v) is 1.79. The summed E-state index contributed by atoms with van der Waals surface area (Å²) in [5.41, 5.74) is 5.35. The molecule has 1 rings (SSSR count). The van der Waals surface area contributed by atoms with Crippen molar-refractivity contribution < 1.29 is 4.79 Å². The minimum atomic E-state index is -0.625. The van der Waals surface area contributed by atoms with Gasteiger partial charge in [-0.1, -0.05) is 0 Å². The van der Waals surface area contributed by atoms with Gasteiger partial charge in [-0.15, -0.1) is 0 Å². The molecule has 0 aromatic carbocycles. The van der Waals surface area contributed by atoms with Crippen molar-refractivity contribution in [3.8, 4) is 0 Å². The van der Waals surface area contributed by atoms with Gasteiger partial charge in [-0.3, -0.25) is 9.59 Å². The van der Waals surface area contributed by atoms with Crippen LogP contribution in [0.2, 0.25) is 0 Å². The standard InChI is InChI=1S/C9H13N3O2/c1-6(10)8(13)11-7-4-3-5-12(2)9(7)14/h3-6H,10H2,1-2H3,(H,11,13)/t6-/m0/s1. The monoisotopic (exact) mass is 195 g/mol. The molecule has 0 saturated carbocycles. The Bertz CT molecular complexity index is 395. The molecule has 0 aliphatic carbocycles. The van der Waals surface area contributed by atoms with E-state index in [0.717, 1.165) is 0 Å². The van der Waals surface area contributed by atoms with Gasteiger partial charge in [-0.25, -0.2) is 0 Å². The molecule has 5 nitrogen and oxygen atoms in total. The average molecular weight is 195 g/mol. The molecule has 0 bridgehead atoms. The Hall–Kier alpha value is -1.62. The summed E-state index contributed by atoms with van der Waals surface area (Å²) in [6, 6.07) is 2.60. The first-order valence-corrected chi connectivity index (χ1v) is 4.24. The molecule has 0 aliphatic rings. The van der Waals surface area contributed by atoms with Crippen LogP contribution in [0.15, 0.2) is 23.1 Å². The second-order valence-corrected chi connectivity index (χ2v) is 3.12. The van der Waals surface area contributed by atoms with Crippen molar-refractivity contribution in [1.82, 2.24) is 4.57 Å². The van der Waals surface area contributed by atoms with Crippen LogP contribution in [0.1, 0.15) is 6.92 Å². The quantitative estimate of drug-likeness (QED) is 0.678. The van der Waals surface area contributed by atoms with Crippen LogP contribution in [0.5, 0.6) is 0 Å². The zero-order valence-electron chi connectivity index (χ0n) is 8.15. The zero-order valence-corrected chi connectivity index (χ0v) is 8.15. The molecule has 0 aliphatic heterocycles. The third-order valence-electron chi connectivity index (χ3n) is 1.79. The second kappa shape index (κ2) is 4.06. The SMILES string of the molecule is C[C@H](N)C(=O)Nc1cccn(C)c1=O. The molecule has 0 spiro atoms. The number of anilines is 1. The number of nitrogens with zero attached hydrogens (tertiary/aromatic N) is 1. The van der Waals surface area contributed by atoms with E-state index in [9.17, 15) is 9.59 Å². The lowest BCUT2D eigenvalue weighted by atomic mass is 10.3. The molecule has 5 heteroatoms. The van der Waals surface area contributed by atoms with E-state index in [1.54, 1.807) is 32.3 Å². The number of rotatable bonds is 2. The molecule has 14 heavy (non-hydrogen) atoms. The summed E-state index contributed by atoms with van der Waals surface area (Å²) in [6.45, 7) is 1.56. The fraction of sp³-hybridized carbons (Fsp3) is 0.333. The second-order valence-electron chi connectivity index (χ2n) is 3.12. The van der Waals surface area contributed by atoms with Crippen LogP contribution in [-0.4, -0.2) is 16.5 Å². The van der Waals surface area contributed by atoms with Gasteiger partial charge in [0, 0.05) is 13.2 Å². The number of amides is 1. The average Bonchev–Trinajstić information content (AvgIpc) is 2.12. The minimum absolute atomic E-state index is 0.248. The molecule has 76 valence electrons. The predicted molar refractivity (Wildman–Crippen MR) is 54.0 cm³/mol. The summed E-state index contributed by atoms with van der Waals surface area (Å²) in [6.07, 6.45) is 1.61. The van der Waals surface area contributed by atoms with E-state index in [4.69, 9.17) is 5.73 Å². The first kappa shape index (κ1) is 10.5. The van der Waals surface area contributed by atoms with Crippen molar-refractivity contribution in [1.29, 1.82) is 0 Å². The van der Waals surface area contributed by atoms with Crippen LogP contribution in [0.3, 0.4) is 0 Å². The van der Waals surface area contributed by atoms with Crippen molar-refractivity contribution in [3.05, 3.63) is 28.7 Å². The maximum absolute atomic E-state index is 11.4. The number of aryl methyl sites for hydroxylation is 1. The van der Waals surface area contributed by atoms with Gasteiger partial charge in [0.25, 0.3) is 5.56 Å².